The quantitative estimate of drug-likeness (QED) is 0.640. The second-order valence-electron chi connectivity index (χ2n) is 7.76. The number of halogens is 2. The Morgan fingerprint density at radius 2 is 2.20 bits per heavy atom. The number of rotatable bonds is 2. The third-order valence-electron chi connectivity index (χ3n) is 6.06. The number of amides is 1. The van der Waals surface area contributed by atoms with Gasteiger partial charge in [0.15, 0.2) is 5.75 Å². The van der Waals surface area contributed by atoms with Crippen LogP contribution >= 0.6 is 11.6 Å². The highest BCUT2D eigenvalue weighted by Crippen LogP contribution is 2.48. The molecule has 0 saturated carbocycles. The first-order valence-corrected chi connectivity index (χ1v) is 10.2. The summed E-state index contributed by atoms with van der Waals surface area (Å²) in [5.41, 5.74) is 2.48. The van der Waals surface area contributed by atoms with Crippen LogP contribution in [-0.2, 0) is 6.42 Å². The Hall–Kier alpha value is -3.17. The highest BCUT2D eigenvalue weighted by Gasteiger charge is 2.43. The Morgan fingerprint density at radius 1 is 1.37 bits per heavy atom. The average molecular weight is 422 g/mol. The first kappa shape index (κ1) is 18.8. The first-order chi connectivity index (χ1) is 14.5. The molecule has 7 heteroatoms. The molecule has 5 nitrogen and oxygen atoms in total. The minimum absolute atomic E-state index is 0.0466. The second kappa shape index (κ2) is 6.96. The van der Waals surface area contributed by atoms with Crippen molar-refractivity contribution in [3.8, 4) is 11.8 Å². The largest absolute Gasteiger partial charge is 0.505 e. The monoisotopic (exact) mass is 421 g/mol. The third-order valence-corrected chi connectivity index (χ3v) is 6.35. The van der Waals surface area contributed by atoms with Gasteiger partial charge in [-0.1, -0.05) is 23.7 Å². The molecule has 5 rings (SSSR count). The number of hydrogen-bond donors (Lipinski definition) is 1. The van der Waals surface area contributed by atoms with Crippen LogP contribution in [0.15, 0.2) is 30.5 Å². The Kier molecular flexibility index (Phi) is 4.37. The Labute approximate surface area is 177 Å². The van der Waals surface area contributed by atoms with Crippen LogP contribution in [0, 0.1) is 17.1 Å². The van der Waals surface area contributed by atoms with Gasteiger partial charge < -0.3 is 10.0 Å². The van der Waals surface area contributed by atoms with Gasteiger partial charge >= 0.3 is 0 Å². The lowest BCUT2D eigenvalue weighted by molar-refractivity contribution is 0.0670. The number of benzene rings is 2. The lowest BCUT2D eigenvalue weighted by Gasteiger charge is -2.30. The molecule has 30 heavy (non-hydrogen) atoms. The number of pyridine rings is 1. The molecule has 0 radical (unpaired) electrons. The topological polar surface area (TPSA) is 77.2 Å². The van der Waals surface area contributed by atoms with E-state index in [1.165, 1.54) is 12.3 Å². The number of fused-ring (bicyclic) bond motifs is 4. The highest BCUT2D eigenvalue weighted by atomic mass is 35.5. The molecule has 0 aliphatic carbocycles. The Morgan fingerprint density at radius 3 is 3.00 bits per heavy atom. The zero-order chi connectivity index (χ0) is 21.0. The van der Waals surface area contributed by atoms with Crippen molar-refractivity contribution in [3.63, 3.8) is 0 Å². The molecule has 0 spiro atoms. The van der Waals surface area contributed by atoms with Crippen molar-refractivity contribution in [2.75, 3.05) is 6.54 Å². The van der Waals surface area contributed by atoms with Crippen molar-refractivity contribution in [3.05, 3.63) is 69.1 Å². The highest BCUT2D eigenvalue weighted by molar-refractivity contribution is 6.30. The molecule has 3 heterocycles. The van der Waals surface area contributed by atoms with Crippen LogP contribution in [0.2, 0.25) is 5.02 Å². The molecule has 1 N–H and O–H groups in total. The number of phenols is 1. The van der Waals surface area contributed by atoms with E-state index in [1.807, 2.05) is 0 Å². The Balaban J connectivity index is 1.69. The van der Waals surface area contributed by atoms with Crippen LogP contribution in [0.5, 0.6) is 5.75 Å². The molecule has 2 aliphatic rings. The zero-order valence-corrected chi connectivity index (χ0v) is 16.7. The third kappa shape index (κ3) is 2.66. The molecular weight excluding hydrogens is 405 g/mol. The minimum atomic E-state index is -0.486. The summed E-state index contributed by atoms with van der Waals surface area (Å²) in [5, 5.41) is 21.4. The number of piperidine rings is 1. The van der Waals surface area contributed by atoms with Crippen LogP contribution in [0.4, 0.5) is 4.39 Å². The van der Waals surface area contributed by atoms with E-state index in [0.717, 1.165) is 19.3 Å². The van der Waals surface area contributed by atoms with Crippen molar-refractivity contribution in [2.24, 2.45) is 0 Å². The van der Waals surface area contributed by atoms with Gasteiger partial charge in [0.25, 0.3) is 5.91 Å². The molecule has 0 unspecified atom stereocenters. The summed E-state index contributed by atoms with van der Waals surface area (Å²) in [6.07, 6.45) is 4.41. The Bertz CT molecular complexity index is 1270. The lowest BCUT2D eigenvalue weighted by atomic mass is 9.90. The fourth-order valence-corrected chi connectivity index (χ4v) is 4.89. The molecule has 2 aromatic carbocycles. The number of carbonyl (C=O) groups is 1. The van der Waals surface area contributed by atoms with Gasteiger partial charge in [-0.2, -0.15) is 5.26 Å². The van der Waals surface area contributed by atoms with E-state index in [2.05, 4.69) is 11.1 Å². The summed E-state index contributed by atoms with van der Waals surface area (Å²) >= 11 is 5.88. The standard InChI is InChI=1S/C23H17ClFN3O2/c24-16-5-3-4-13(20(16)25)8-12-9-14-15(10-26)18-17-6-1-2-7-28(17)23(30)19(18)22(29)21(14)27-11-12/h3-5,9,11,17,29H,1-2,6-8H2/t17-/m1/s1. The maximum atomic E-state index is 14.3. The van der Waals surface area contributed by atoms with Gasteiger partial charge in [-0.3, -0.25) is 9.78 Å². The number of carbonyl (C=O) groups excluding carboxylic acids is 1. The average Bonchev–Trinajstić information content (AvgIpc) is 3.05. The van der Waals surface area contributed by atoms with Gasteiger partial charge in [0.1, 0.15) is 17.4 Å². The molecular formula is C23H17ClFN3O2. The summed E-state index contributed by atoms with van der Waals surface area (Å²) in [4.78, 5) is 19.0. The number of nitriles is 1. The molecule has 1 aromatic heterocycles. The number of aromatic nitrogens is 1. The van der Waals surface area contributed by atoms with E-state index in [9.17, 15) is 19.6 Å². The fraction of sp³-hybridized carbons (Fsp3) is 0.261. The number of nitrogens with zero attached hydrogens (tertiary/aromatic N) is 3. The molecule has 150 valence electrons. The SMILES string of the molecule is N#Cc1c2c(c(O)c3ncc(Cc4cccc(Cl)c4F)cc13)C(=O)N1CCCC[C@H]21. The van der Waals surface area contributed by atoms with E-state index in [0.29, 0.717) is 34.2 Å². The summed E-state index contributed by atoms with van der Waals surface area (Å²) in [6.45, 7) is 0.617. The van der Waals surface area contributed by atoms with Gasteiger partial charge in [-0.25, -0.2) is 4.39 Å². The molecule has 1 fully saturated rings. The zero-order valence-electron chi connectivity index (χ0n) is 16.0. The van der Waals surface area contributed by atoms with Gasteiger partial charge in [0.2, 0.25) is 0 Å². The van der Waals surface area contributed by atoms with Crippen molar-refractivity contribution in [1.82, 2.24) is 9.88 Å². The van der Waals surface area contributed by atoms with Crippen LogP contribution < -0.4 is 0 Å². The number of phenolic OH excluding ortho intramolecular Hbond substituents is 1. The normalized spacial score (nSPS) is 17.7. The van der Waals surface area contributed by atoms with Gasteiger partial charge in [0.05, 0.1) is 22.2 Å². The van der Waals surface area contributed by atoms with E-state index in [-0.39, 0.29) is 40.2 Å². The van der Waals surface area contributed by atoms with Crippen molar-refractivity contribution < 1.29 is 14.3 Å². The smallest absolute Gasteiger partial charge is 0.258 e. The van der Waals surface area contributed by atoms with E-state index in [4.69, 9.17) is 11.6 Å². The molecule has 1 amide bonds. The number of aromatic hydroxyl groups is 1. The van der Waals surface area contributed by atoms with Crippen LogP contribution in [0.1, 0.15) is 57.9 Å². The summed E-state index contributed by atoms with van der Waals surface area (Å²) in [6, 6.07) is 8.60. The fourth-order valence-electron chi connectivity index (χ4n) is 4.69. The molecule has 2 aliphatic heterocycles. The van der Waals surface area contributed by atoms with Crippen molar-refractivity contribution in [2.45, 2.75) is 31.7 Å². The van der Waals surface area contributed by atoms with Crippen LogP contribution in [0.25, 0.3) is 10.9 Å². The van der Waals surface area contributed by atoms with E-state index < -0.39 is 5.82 Å². The molecule has 1 saturated heterocycles. The van der Waals surface area contributed by atoms with E-state index >= 15 is 0 Å². The second-order valence-corrected chi connectivity index (χ2v) is 8.17. The molecule has 3 aromatic rings. The van der Waals surface area contributed by atoms with Crippen LogP contribution in [0.3, 0.4) is 0 Å². The predicted molar refractivity (Wildman–Crippen MR) is 110 cm³/mol. The minimum Gasteiger partial charge on any atom is -0.505 e. The van der Waals surface area contributed by atoms with Crippen LogP contribution in [-0.4, -0.2) is 27.4 Å². The van der Waals surface area contributed by atoms with E-state index in [1.54, 1.807) is 23.1 Å². The number of hydrogen-bond acceptors (Lipinski definition) is 4. The molecule has 1 atom stereocenters. The van der Waals surface area contributed by atoms with Gasteiger partial charge in [-0.15, -0.1) is 0 Å². The lowest BCUT2D eigenvalue weighted by Crippen LogP contribution is -2.32. The summed E-state index contributed by atoms with van der Waals surface area (Å²) < 4.78 is 14.3. The van der Waals surface area contributed by atoms with Gasteiger partial charge in [-0.05, 0) is 42.5 Å². The maximum Gasteiger partial charge on any atom is 0.258 e. The maximum absolute atomic E-state index is 14.3. The van der Waals surface area contributed by atoms with Crippen molar-refractivity contribution >= 4 is 28.4 Å². The predicted octanol–water partition coefficient (Wildman–Crippen LogP) is 4.88. The summed E-state index contributed by atoms with van der Waals surface area (Å²) in [5.74, 6) is -0.906. The van der Waals surface area contributed by atoms with Gasteiger partial charge in [0, 0.05) is 30.1 Å². The molecule has 0 bridgehead atoms. The van der Waals surface area contributed by atoms with Crippen molar-refractivity contribution in [1.29, 1.82) is 5.26 Å². The first-order valence-electron chi connectivity index (χ1n) is 9.82. The summed E-state index contributed by atoms with van der Waals surface area (Å²) in [7, 11) is 0.